The molecule has 0 aromatic carbocycles. The first kappa shape index (κ1) is 15.5. The fourth-order valence-electron chi connectivity index (χ4n) is 1.67. The Morgan fingerprint density at radius 3 is 2.80 bits per heavy atom. The Bertz CT molecular complexity index is 576. The second-order valence-electron chi connectivity index (χ2n) is 4.19. The summed E-state index contributed by atoms with van der Waals surface area (Å²) in [5.41, 5.74) is 1.14. The molecule has 0 aliphatic heterocycles. The molecule has 2 aromatic heterocycles. The van der Waals surface area contributed by atoms with Crippen LogP contribution in [0.3, 0.4) is 0 Å². The number of hydrogen-bond donors (Lipinski definition) is 2. The number of thiazole rings is 1. The molecule has 0 fully saturated rings. The molecule has 20 heavy (non-hydrogen) atoms. The summed E-state index contributed by atoms with van der Waals surface area (Å²) in [7, 11) is 1.78. The summed E-state index contributed by atoms with van der Waals surface area (Å²) in [5.74, 6) is 0.821. The van der Waals surface area contributed by atoms with Crippen LogP contribution in [0.4, 0.5) is 0 Å². The fourth-order valence-corrected chi connectivity index (χ4v) is 3.71. The van der Waals surface area contributed by atoms with Gasteiger partial charge in [-0.1, -0.05) is 0 Å². The number of nitrogens with one attached hydrogen (secondary N) is 2. The molecule has 0 amide bonds. The van der Waals surface area contributed by atoms with Crippen LogP contribution >= 0.6 is 38.6 Å². The molecule has 2 heterocycles. The van der Waals surface area contributed by atoms with Crippen LogP contribution in [0.1, 0.15) is 15.6 Å². The number of aliphatic imine (C=N–C) groups is 1. The van der Waals surface area contributed by atoms with Gasteiger partial charge in [0.25, 0.3) is 0 Å². The minimum Gasteiger partial charge on any atom is -0.356 e. The number of halogens is 1. The maximum Gasteiger partial charge on any atom is 0.191 e. The van der Waals surface area contributed by atoms with Gasteiger partial charge >= 0.3 is 0 Å². The van der Waals surface area contributed by atoms with E-state index in [1.807, 2.05) is 6.92 Å². The zero-order valence-corrected chi connectivity index (χ0v) is 14.7. The van der Waals surface area contributed by atoms with Crippen molar-refractivity contribution in [2.45, 2.75) is 19.9 Å². The van der Waals surface area contributed by atoms with E-state index in [-0.39, 0.29) is 0 Å². The van der Waals surface area contributed by atoms with Crippen LogP contribution in [0.25, 0.3) is 0 Å². The van der Waals surface area contributed by atoms with Crippen LogP contribution in [-0.4, -0.2) is 24.5 Å². The SMILES string of the molecule is CN=C(NCCc1csc(C)n1)NCc1cc(Br)cs1. The van der Waals surface area contributed by atoms with Gasteiger partial charge in [-0.3, -0.25) is 4.99 Å². The van der Waals surface area contributed by atoms with Crippen molar-refractivity contribution in [2.24, 2.45) is 4.99 Å². The van der Waals surface area contributed by atoms with Gasteiger partial charge in [-0.2, -0.15) is 0 Å². The number of hydrogen-bond acceptors (Lipinski definition) is 4. The standard InChI is InChI=1S/C13H17BrN4S2/c1-9-18-11(8-19-9)3-4-16-13(15-2)17-6-12-5-10(14)7-20-12/h5,7-8H,3-4,6H2,1-2H3,(H2,15,16,17). The lowest BCUT2D eigenvalue weighted by Crippen LogP contribution is -2.37. The van der Waals surface area contributed by atoms with Gasteiger partial charge in [0, 0.05) is 40.1 Å². The maximum absolute atomic E-state index is 4.44. The van der Waals surface area contributed by atoms with Crippen LogP contribution in [0.5, 0.6) is 0 Å². The van der Waals surface area contributed by atoms with E-state index in [0.29, 0.717) is 0 Å². The molecule has 0 unspecified atom stereocenters. The first-order valence-corrected chi connectivity index (χ1v) is 8.81. The minimum atomic E-state index is 0.783. The third kappa shape index (κ3) is 4.88. The molecule has 2 aromatic rings. The van der Waals surface area contributed by atoms with E-state index in [4.69, 9.17) is 0 Å². The number of guanidine groups is 1. The topological polar surface area (TPSA) is 49.3 Å². The minimum absolute atomic E-state index is 0.783. The van der Waals surface area contributed by atoms with Gasteiger partial charge in [0.2, 0.25) is 0 Å². The van der Waals surface area contributed by atoms with E-state index in [1.165, 1.54) is 4.88 Å². The number of nitrogens with zero attached hydrogens (tertiary/aromatic N) is 2. The summed E-state index contributed by atoms with van der Waals surface area (Å²) in [5, 5.41) is 11.9. The molecule has 0 aliphatic rings. The van der Waals surface area contributed by atoms with Crippen molar-refractivity contribution in [1.82, 2.24) is 15.6 Å². The summed E-state index contributed by atoms with van der Waals surface area (Å²) < 4.78 is 1.13. The van der Waals surface area contributed by atoms with E-state index in [9.17, 15) is 0 Å². The smallest absolute Gasteiger partial charge is 0.191 e. The van der Waals surface area contributed by atoms with Gasteiger partial charge in [-0.05, 0) is 28.9 Å². The van der Waals surface area contributed by atoms with Gasteiger partial charge in [0.1, 0.15) is 0 Å². The van der Waals surface area contributed by atoms with E-state index in [1.54, 1.807) is 29.7 Å². The normalized spacial score (nSPS) is 11.7. The summed E-state index contributed by atoms with van der Waals surface area (Å²) in [4.78, 5) is 9.93. The summed E-state index contributed by atoms with van der Waals surface area (Å²) in [6.45, 7) is 3.64. The Morgan fingerprint density at radius 1 is 1.35 bits per heavy atom. The quantitative estimate of drug-likeness (QED) is 0.625. The first-order valence-electron chi connectivity index (χ1n) is 6.26. The van der Waals surface area contributed by atoms with Crippen molar-refractivity contribution in [2.75, 3.05) is 13.6 Å². The van der Waals surface area contributed by atoms with Gasteiger partial charge in [-0.25, -0.2) is 4.98 Å². The molecule has 4 nitrogen and oxygen atoms in total. The summed E-state index contributed by atoms with van der Waals surface area (Å²) in [6.07, 6.45) is 0.912. The van der Waals surface area contributed by atoms with Gasteiger partial charge in [0.15, 0.2) is 5.96 Å². The van der Waals surface area contributed by atoms with E-state index in [2.05, 4.69) is 53.4 Å². The fraction of sp³-hybridized carbons (Fsp3) is 0.385. The van der Waals surface area contributed by atoms with Crippen molar-refractivity contribution in [3.8, 4) is 0 Å². The van der Waals surface area contributed by atoms with Gasteiger partial charge in [0.05, 0.1) is 17.2 Å². The highest BCUT2D eigenvalue weighted by Gasteiger charge is 2.02. The Morgan fingerprint density at radius 2 is 2.20 bits per heavy atom. The molecule has 0 atom stereocenters. The number of aromatic nitrogens is 1. The average molecular weight is 373 g/mol. The van der Waals surface area contributed by atoms with E-state index >= 15 is 0 Å². The predicted molar refractivity (Wildman–Crippen MR) is 90.8 cm³/mol. The van der Waals surface area contributed by atoms with Crippen LogP contribution in [0.15, 0.2) is 26.3 Å². The molecule has 0 bridgehead atoms. The maximum atomic E-state index is 4.44. The Balaban J connectivity index is 1.72. The van der Waals surface area contributed by atoms with Crippen molar-refractivity contribution >= 4 is 44.6 Å². The second-order valence-corrected chi connectivity index (χ2v) is 7.17. The molecule has 0 saturated heterocycles. The molecule has 7 heteroatoms. The van der Waals surface area contributed by atoms with Crippen LogP contribution in [-0.2, 0) is 13.0 Å². The lowest BCUT2D eigenvalue weighted by atomic mass is 10.3. The van der Waals surface area contributed by atoms with E-state index in [0.717, 1.165) is 40.6 Å². The van der Waals surface area contributed by atoms with Crippen molar-refractivity contribution in [3.05, 3.63) is 36.9 Å². The highest BCUT2D eigenvalue weighted by atomic mass is 79.9. The van der Waals surface area contributed by atoms with Crippen LogP contribution in [0.2, 0.25) is 0 Å². The van der Waals surface area contributed by atoms with Gasteiger partial charge in [-0.15, -0.1) is 22.7 Å². The number of thiophene rings is 1. The summed E-state index contributed by atoms with van der Waals surface area (Å²) >= 11 is 6.87. The largest absolute Gasteiger partial charge is 0.356 e. The molecular formula is C13H17BrN4S2. The van der Waals surface area contributed by atoms with E-state index < -0.39 is 0 Å². The second kappa shape index (κ2) is 7.75. The molecule has 0 radical (unpaired) electrons. The lowest BCUT2D eigenvalue weighted by molar-refractivity contribution is 0.790. The third-order valence-electron chi connectivity index (χ3n) is 2.62. The molecular weight excluding hydrogens is 356 g/mol. The zero-order valence-electron chi connectivity index (χ0n) is 11.4. The highest BCUT2D eigenvalue weighted by molar-refractivity contribution is 9.10. The predicted octanol–water partition coefficient (Wildman–Crippen LogP) is 3.18. The Hall–Kier alpha value is -0.920. The Labute approximate surface area is 135 Å². The van der Waals surface area contributed by atoms with Crippen molar-refractivity contribution < 1.29 is 0 Å². The molecule has 0 spiro atoms. The molecule has 0 saturated carbocycles. The molecule has 2 rings (SSSR count). The van der Waals surface area contributed by atoms with Crippen molar-refractivity contribution in [3.63, 3.8) is 0 Å². The van der Waals surface area contributed by atoms with Crippen molar-refractivity contribution in [1.29, 1.82) is 0 Å². The van der Waals surface area contributed by atoms with Crippen LogP contribution < -0.4 is 10.6 Å². The van der Waals surface area contributed by atoms with Crippen LogP contribution in [0, 0.1) is 6.92 Å². The molecule has 2 N–H and O–H groups in total. The number of rotatable bonds is 5. The molecule has 108 valence electrons. The zero-order chi connectivity index (χ0) is 14.4. The highest BCUT2D eigenvalue weighted by Crippen LogP contribution is 2.19. The average Bonchev–Trinajstić information content (AvgIpc) is 3.02. The monoisotopic (exact) mass is 372 g/mol. The summed E-state index contributed by atoms with van der Waals surface area (Å²) in [6, 6.07) is 2.11. The molecule has 0 aliphatic carbocycles. The number of aryl methyl sites for hydroxylation is 1. The third-order valence-corrected chi connectivity index (χ3v) is 5.14. The lowest BCUT2D eigenvalue weighted by Gasteiger charge is -2.10. The first-order chi connectivity index (χ1) is 9.67. The van der Waals surface area contributed by atoms with Gasteiger partial charge < -0.3 is 10.6 Å². The Kier molecular flexibility index (Phi) is 6.00.